The van der Waals surface area contributed by atoms with Gasteiger partial charge in [-0.1, -0.05) is 43.6 Å². The Kier molecular flexibility index (Phi) is 5.95. The summed E-state index contributed by atoms with van der Waals surface area (Å²) in [6, 6.07) is 10.2. The van der Waals surface area contributed by atoms with Crippen molar-refractivity contribution in [1.29, 1.82) is 0 Å². The second kappa shape index (κ2) is 8.08. The first kappa shape index (κ1) is 20.6. The molecule has 150 valence electrons. The normalized spacial score (nSPS) is 13.7. The third-order valence-electron chi connectivity index (χ3n) is 4.37. The van der Waals surface area contributed by atoms with Crippen molar-refractivity contribution >= 4 is 38.9 Å². The number of nitrogens with zero attached hydrogens (tertiary/aromatic N) is 1. The van der Waals surface area contributed by atoms with Crippen LogP contribution in [0, 0.1) is 5.92 Å². The van der Waals surface area contributed by atoms with Crippen LogP contribution in [0.3, 0.4) is 0 Å². The molecule has 0 aromatic heterocycles. The average Bonchev–Trinajstić information content (AvgIpc) is 2.97. The van der Waals surface area contributed by atoms with Crippen LogP contribution in [-0.2, 0) is 27.8 Å². The van der Waals surface area contributed by atoms with E-state index in [2.05, 4.69) is 24.6 Å². The molecule has 0 radical (unpaired) electrons. The number of carbonyl (C=O) groups excluding carboxylic acids is 1. The van der Waals surface area contributed by atoms with Crippen molar-refractivity contribution in [2.45, 2.75) is 31.7 Å². The minimum absolute atomic E-state index is 0.0109. The summed E-state index contributed by atoms with van der Waals surface area (Å²) in [6.07, 6.45) is 0.0788. The molecule has 0 saturated heterocycles. The van der Waals surface area contributed by atoms with E-state index in [4.69, 9.17) is 16.7 Å². The van der Waals surface area contributed by atoms with Gasteiger partial charge in [-0.25, -0.2) is 19.0 Å². The average molecular weight is 423 g/mol. The van der Waals surface area contributed by atoms with E-state index in [1.54, 1.807) is 30.3 Å². The lowest BCUT2D eigenvalue weighted by Gasteiger charge is -2.22. The predicted molar refractivity (Wildman–Crippen MR) is 111 cm³/mol. The number of benzene rings is 2. The van der Waals surface area contributed by atoms with E-state index >= 15 is 0 Å². The molecule has 2 aromatic rings. The Labute approximate surface area is 169 Å². The van der Waals surface area contributed by atoms with Gasteiger partial charge in [-0.3, -0.25) is 4.79 Å². The van der Waals surface area contributed by atoms with E-state index in [9.17, 15) is 13.2 Å². The molecule has 7 nitrogen and oxygen atoms in total. The number of carbonyl (C=O) groups is 1. The Hall–Kier alpha value is -2.13. The molecule has 28 heavy (non-hydrogen) atoms. The lowest BCUT2D eigenvalue weighted by atomic mass is 10.1. The van der Waals surface area contributed by atoms with Gasteiger partial charge in [0.05, 0.1) is 17.0 Å². The third kappa shape index (κ3) is 4.64. The summed E-state index contributed by atoms with van der Waals surface area (Å²) in [7, 11) is -3.94. The summed E-state index contributed by atoms with van der Waals surface area (Å²) in [5.41, 5.74) is 5.55. The molecule has 0 saturated carbocycles. The molecule has 0 bridgehead atoms. The number of hydrogen-bond donors (Lipinski definition) is 3. The Morgan fingerprint density at radius 1 is 1.32 bits per heavy atom. The van der Waals surface area contributed by atoms with Crippen molar-refractivity contribution in [2.24, 2.45) is 11.1 Å². The molecule has 0 spiro atoms. The van der Waals surface area contributed by atoms with Crippen molar-refractivity contribution < 1.29 is 13.2 Å². The van der Waals surface area contributed by atoms with Crippen molar-refractivity contribution in [1.82, 2.24) is 5.43 Å². The number of sulfonamides is 1. The zero-order valence-electron chi connectivity index (χ0n) is 15.7. The number of hydrogen-bond acceptors (Lipinski definition) is 5. The van der Waals surface area contributed by atoms with Crippen molar-refractivity contribution in [3.63, 3.8) is 0 Å². The summed E-state index contributed by atoms with van der Waals surface area (Å²) in [5.74, 6) is 0.0599. The number of amides is 1. The molecule has 0 fully saturated rings. The SMILES string of the molecule is CC(C)CN1NCc2c1cc(NC(=O)Cc1ccccc1Cl)cc2S(N)(=O)=O. The standard InChI is InChI=1S/C19H23ClN4O3S/c1-12(2)11-24-17-8-14(9-18(28(21,26)27)15(17)10-22-24)23-19(25)7-13-5-3-4-6-16(13)20/h3-6,8-9,12,22H,7,10-11H2,1-2H3,(H,23,25)(H2,21,26,27). The summed E-state index contributed by atoms with van der Waals surface area (Å²) in [5, 5.41) is 10.6. The Bertz CT molecular complexity index is 1010. The zero-order chi connectivity index (χ0) is 20.5. The van der Waals surface area contributed by atoms with Crippen LogP contribution in [0.5, 0.6) is 0 Å². The number of anilines is 2. The van der Waals surface area contributed by atoms with Crippen LogP contribution in [0.1, 0.15) is 25.0 Å². The number of hydrazine groups is 1. The number of primary sulfonamides is 1. The molecule has 2 aromatic carbocycles. The van der Waals surface area contributed by atoms with Gasteiger partial charge in [0, 0.05) is 29.4 Å². The monoisotopic (exact) mass is 422 g/mol. The van der Waals surface area contributed by atoms with Gasteiger partial charge in [-0.2, -0.15) is 0 Å². The maximum absolute atomic E-state index is 12.5. The van der Waals surface area contributed by atoms with E-state index in [0.29, 0.717) is 46.5 Å². The molecule has 1 aliphatic heterocycles. The van der Waals surface area contributed by atoms with Gasteiger partial charge in [0.2, 0.25) is 15.9 Å². The maximum Gasteiger partial charge on any atom is 0.238 e. The van der Waals surface area contributed by atoms with Crippen LogP contribution < -0.4 is 20.9 Å². The van der Waals surface area contributed by atoms with E-state index in [1.165, 1.54) is 6.07 Å². The van der Waals surface area contributed by atoms with Crippen molar-refractivity contribution in [3.8, 4) is 0 Å². The lowest BCUT2D eigenvalue weighted by molar-refractivity contribution is -0.115. The molecule has 1 heterocycles. The fraction of sp³-hybridized carbons (Fsp3) is 0.316. The van der Waals surface area contributed by atoms with Crippen LogP contribution in [0.2, 0.25) is 5.02 Å². The fourth-order valence-corrected chi connectivity index (χ4v) is 4.20. The minimum atomic E-state index is -3.94. The Balaban J connectivity index is 1.91. The van der Waals surface area contributed by atoms with Gasteiger partial charge in [0.15, 0.2) is 0 Å². The lowest BCUT2D eigenvalue weighted by Crippen LogP contribution is -2.35. The number of fused-ring (bicyclic) bond motifs is 1. The fourth-order valence-electron chi connectivity index (χ4n) is 3.18. The highest BCUT2D eigenvalue weighted by Crippen LogP contribution is 2.34. The number of rotatable bonds is 6. The summed E-state index contributed by atoms with van der Waals surface area (Å²) in [4.78, 5) is 12.5. The smallest absolute Gasteiger partial charge is 0.238 e. The molecule has 0 unspecified atom stereocenters. The first-order chi connectivity index (χ1) is 13.1. The third-order valence-corrected chi connectivity index (χ3v) is 5.72. The second-order valence-electron chi connectivity index (χ2n) is 7.17. The quantitative estimate of drug-likeness (QED) is 0.663. The number of nitrogens with two attached hydrogens (primary N) is 1. The molecule has 0 atom stereocenters. The predicted octanol–water partition coefficient (Wildman–Crippen LogP) is 2.65. The Morgan fingerprint density at radius 2 is 2.04 bits per heavy atom. The van der Waals surface area contributed by atoms with Crippen molar-refractivity contribution in [2.75, 3.05) is 16.9 Å². The van der Waals surface area contributed by atoms with E-state index in [1.807, 2.05) is 5.01 Å². The molecular weight excluding hydrogens is 400 g/mol. The minimum Gasteiger partial charge on any atom is -0.326 e. The molecule has 3 rings (SSSR count). The number of halogens is 1. The Morgan fingerprint density at radius 3 is 2.68 bits per heavy atom. The topological polar surface area (TPSA) is 105 Å². The highest BCUT2D eigenvalue weighted by Gasteiger charge is 2.27. The first-order valence-corrected chi connectivity index (χ1v) is 10.8. The number of nitrogens with one attached hydrogen (secondary N) is 2. The van der Waals surface area contributed by atoms with E-state index < -0.39 is 10.0 Å². The van der Waals surface area contributed by atoms with Gasteiger partial charge in [-0.05, 0) is 29.7 Å². The molecule has 0 aliphatic carbocycles. The van der Waals surface area contributed by atoms with Crippen LogP contribution >= 0.6 is 11.6 Å². The molecule has 4 N–H and O–H groups in total. The van der Waals surface area contributed by atoms with Crippen LogP contribution in [0.15, 0.2) is 41.3 Å². The van der Waals surface area contributed by atoms with Gasteiger partial charge < -0.3 is 10.3 Å². The van der Waals surface area contributed by atoms with Crippen LogP contribution in [0.4, 0.5) is 11.4 Å². The van der Waals surface area contributed by atoms with Gasteiger partial charge in [-0.15, -0.1) is 0 Å². The zero-order valence-corrected chi connectivity index (χ0v) is 17.3. The van der Waals surface area contributed by atoms with Gasteiger partial charge in [0.1, 0.15) is 0 Å². The summed E-state index contributed by atoms with van der Waals surface area (Å²) >= 11 is 6.11. The van der Waals surface area contributed by atoms with Gasteiger partial charge in [0.25, 0.3) is 0 Å². The molecular formula is C19H23ClN4O3S. The largest absolute Gasteiger partial charge is 0.326 e. The highest BCUT2D eigenvalue weighted by atomic mass is 35.5. The maximum atomic E-state index is 12.5. The van der Waals surface area contributed by atoms with Gasteiger partial charge >= 0.3 is 0 Å². The van der Waals surface area contributed by atoms with Crippen LogP contribution in [0.25, 0.3) is 0 Å². The van der Waals surface area contributed by atoms with Crippen LogP contribution in [-0.4, -0.2) is 20.9 Å². The van der Waals surface area contributed by atoms with E-state index in [-0.39, 0.29) is 17.2 Å². The highest BCUT2D eigenvalue weighted by molar-refractivity contribution is 7.89. The van der Waals surface area contributed by atoms with E-state index in [0.717, 1.165) is 0 Å². The summed E-state index contributed by atoms with van der Waals surface area (Å²) in [6.45, 7) is 5.18. The molecule has 9 heteroatoms. The first-order valence-electron chi connectivity index (χ1n) is 8.89. The molecule has 1 amide bonds. The molecule has 1 aliphatic rings. The van der Waals surface area contributed by atoms with Crippen molar-refractivity contribution in [3.05, 3.63) is 52.5 Å². The second-order valence-corrected chi connectivity index (χ2v) is 9.11. The summed E-state index contributed by atoms with van der Waals surface area (Å²) < 4.78 is 24.2.